The molecule has 6 heteroatoms. The number of sulfonamides is 1. The molecule has 0 spiro atoms. The first-order chi connectivity index (χ1) is 9.61. The van der Waals surface area contributed by atoms with Gasteiger partial charge in [-0.15, -0.1) is 0 Å². The lowest BCUT2D eigenvalue weighted by Crippen LogP contribution is -2.33. The molecule has 5 nitrogen and oxygen atoms in total. The van der Waals surface area contributed by atoms with Crippen molar-refractivity contribution >= 4 is 10.0 Å². The van der Waals surface area contributed by atoms with E-state index in [9.17, 15) is 13.5 Å². The van der Waals surface area contributed by atoms with Crippen molar-refractivity contribution in [1.29, 1.82) is 0 Å². The number of aliphatic hydroxyl groups excluding tert-OH is 1. The number of hydrogen-bond acceptors (Lipinski definition) is 4. The average molecular weight is 295 g/mol. The molecule has 2 N–H and O–H groups in total. The van der Waals surface area contributed by atoms with Gasteiger partial charge in [-0.1, -0.05) is 30.3 Å². The van der Waals surface area contributed by atoms with Crippen LogP contribution in [-0.2, 0) is 16.4 Å². The number of hydrogen-bond donors (Lipinski definition) is 2. The molecule has 1 heterocycles. The number of rotatable bonds is 7. The van der Waals surface area contributed by atoms with Crippen molar-refractivity contribution in [2.75, 3.05) is 12.4 Å². The summed E-state index contributed by atoms with van der Waals surface area (Å²) in [6.07, 6.45) is 1.86. The van der Waals surface area contributed by atoms with Crippen LogP contribution < -0.4 is 4.72 Å². The Bertz CT molecular complexity index is 608. The highest BCUT2D eigenvalue weighted by Gasteiger charge is 2.20. The number of aryl methyl sites for hydroxylation is 1. The van der Waals surface area contributed by atoms with Crippen molar-refractivity contribution in [3.05, 3.63) is 60.1 Å². The minimum Gasteiger partial charge on any atom is -0.468 e. The van der Waals surface area contributed by atoms with Crippen LogP contribution >= 0.6 is 0 Å². The smallest absolute Gasteiger partial charge is 0.212 e. The Morgan fingerprint density at radius 2 is 1.90 bits per heavy atom. The van der Waals surface area contributed by atoms with Crippen LogP contribution in [0.4, 0.5) is 0 Å². The van der Waals surface area contributed by atoms with E-state index < -0.39 is 16.1 Å². The molecule has 0 fully saturated rings. The number of furan rings is 1. The van der Waals surface area contributed by atoms with Gasteiger partial charge in [0.1, 0.15) is 11.8 Å². The summed E-state index contributed by atoms with van der Waals surface area (Å²) in [7, 11) is -3.49. The van der Waals surface area contributed by atoms with E-state index in [1.165, 1.54) is 6.26 Å². The van der Waals surface area contributed by atoms with Gasteiger partial charge in [0.15, 0.2) is 0 Å². The molecule has 1 atom stereocenters. The highest BCUT2D eigenvalue weighted by Crippen LogP contribution is 2.14. The van der Waals surface area contributed by atoms with E-state index in [4.69, 9.17) is 4.42 Å². The zero-order chi connectivity index (χ0) is 14.4. The van der Waals surface area contributed by atoms with E-state index >= 15 is 0 Å². The normalized spacial score (nSPS) is 13.2. The maximum Gasteiger partial charge on any atom is 0.212 e. The van der Waals surface area contributed by atoms with Gasteiger partial charge in [0.2, 0.25) is 10.0 Å². The summed E-state index contributed by atoms with van der Waals surface area (Å²) < 4.78 is 31.6. The zero-order valence-electron chi connectivity index (χ0n) is 10.9. The van der Waals surface area contributed by atoms with E-state index in [0.717, 1.165) is 5.56 Å². The molecule has 0 radical (unpaired) electrons. The van der Waals surface area contributed by atoms with Crippen LogP contribution in [0.1, 0.15) is 17.4 Å². The van der Waals surface area contributed by atoms with Crippen LogP contribution in [0, 0.1) is 0 Å². The van der Waals surface area contributed by atoms with Crippen LogP contribution in [-0.4, -0.2) is 25.9 Å². The van der Waals surface area contributed by atoms with Crippen molar-refractivity contribution < 1.29 is 17.9 Å². The molecule has 108 valence electrons. The Labute approximate surface area is 118 Å². The molecule has 0 saturated heterocycles. The molecule has 0 aliphatic heterocycles. The molecule has 2 rings (SSSR count). The minimum atomic E-state index is -3.49. The Morgan fingerprint density at radius 1 is 1.15 bits per heavy atom. The Kier molecular flexibility index (Phi) is 4.94. The summed E-state index contributed by atoms with van der Waals surface area (Å²) in [6, 6.07) is 11.9. The van der Waals surface area contributed by atoms with E-state index in [-0.39, 0.29) is 12.4 Å². The molecule has 1 aromatic carbocycles. The summed E-state index contributed by atoms with van der Waals surface area (Å²) in [5.41, 5.74) is 0.955. The van der Waals surface area contributed by atoms with Gasteiger partial charge in [-0.2, -0.15) is 0 Å². The summed E-state index contributed by atoms with van der Waals surface area (Å²) in [5.74, 6) is 0.365. The Balaban J connectivity index is 1.96. The van der Waals surface area contributed by atoms with Gasteiger partial charge in [0, 0.05) is 0 Å². The molecule has 20 heavy (non-hydrogen) atoms. The fraction of sp³-hybridized carbons (Fsp3) is 0.286. The van der Waals surface area contributed by atoms with Crippen LogP contribution in [0.15, 0.2) is 53.1 Å². The van der Waals surface area contributed by atoms with E-state index in [1.54, 1.807) is 12.1 Å². The minimum absolute atomic E-state index is 0.0335. The fourth-order valence-corrected chi connectivity index (χ4v) is 3.09. The predicted octanol–water partition coefficient (Wildman–Crippen LogP) is 1.48. The van der Waals surface area contributed by atoms with Gasteiger partial charge < -0.3 is 9.52 Å². The van der Waals surface area contributed by atoms with Crippen molar-refractivity contribution in [3.63, 3.8) is 0 Å². The van der Waals surface area contributed by atoms with Gasteiger partial charge in [-0.3, -0.25) is 0 Å². The molecule has 0 amide bonds. The maximum atomic E-state index is 12.0. The van der Waals surface area contributed by atoms with Crippen molar-refractivity contribution in [2.45, 2.75) is 12.5 Å². The molecule has 0 aliphatic rings. The van der Waals surface area contributed by atoms with Crippen LogP contribution in [0.25, 0.3) is 0 Å². The number of aliphatic hydroxyl groups is 1. The van der Waals surface area contributed by atoms with Gasteiger partial charge in [0.25, 0.3) is 0 Å². The first kappa shape index (κ1) is 14.8. The summed E-state index contributed by atoms with van der Waals surface area (Å²) in [6.45, 7) is -0.349. The first-order valence-corrected chi connectivity index (χ1v) is 7.94. The number of nitrogens with one attached hydrogen (secondary N) is 1. The van der Waals surface area contributed by atoms with Gasteiger partial charge >= 0.3 is 0 Å². The molecule has 1 unspecified atom stereocenters. The van der Waals surface area contributed by atoms with Crippen molar-refractivity contribution in [2.24, 2.45) is 0 Å². The average Bonchev–Trinajstić information content (AvgIpc) is 2.98. The highest BCUT2D eigenvalue weighted by molar-refractivity contribution is 7.89. The second kappa shape index (κ2) is 6.69. The Morgan fingerprint density at radius 3 is 2.50 bits per heavy atom. The van der Waals surface area contributed by atoms with E-state index in [0.29, 0.717) is 12.2 Å². The Hall–Kier alpha value is -1.63. The second-order valence-electron chi connectivity index (χ2n) is 4.42. The molecule has 0 saturated carbocycles. The lowest BCUT2D eigenvalue weighted by Gasteiger charge is -2.14. The first-order valence-electron chi connectivity index (χ1n) is 6.29. The largest absolute Gasteiger partial charge is 0.468 e. The van der Waals surface area contributed by atoms with Gasteiger partial charge in [-0.05, 0) is 24.1 Å². The topological polar surface area (TPSA) is 79.5 Å². The zero-order valence-corrected chi connectivity index (χ0v) is 11.7. The molecule has 1 aromatic heterocycles. The lowest BCUT2D eigenvalue weighted by atomic mass is 10.2. The van der Waals surface area contributed by atoms with E-state index in [2.05, 4.69) is 4.72 Å². The van der Waals surface area contributed by atoms with Crippen molar-refractivity contribution in [3.8, 4) is 0 Å². The van der Waals surface area contributed by atoms with Crippen LogP contribution in [0.2, 0.25) is 0 Å². The lowest BCUT2D eigenvalue weighted by molar-refractivity contribution is 0.242. The van der Waals surface area contributed by atoms with Crippen molar-refractivity contribution in [1.82, 2.24) is 4.72 Å². The predicted molar refractivity (Wildman–Crippen MR) is 75.6 cm³/mol. The molecule has 0 aliphatic carbocycles. The van der Waals surface area contributed by atoms with E-state index in [1.807, 2.05) is 30.3 Å². The number of benzene rings is 1. The fourth-order valence-electron chi connectivity index (χ4n) is 1.85. The van der Waals surface area contributed by atoms with Crippen LogP contribution in [0.3, 0.4) is 0 Å². The molecular formula is C14H17NO4S. The third-order valence-corrected chi connectivity index (χ3v) is 4.28. The summed E-state index contributed by atoms with van der Waals surface area (Å²) in [4.78, 5) is 0. The summed E-state index contributed by atoms with van der Waals surface area (Å²) in [5, 5.41) is 9.26. The third-order valence-electron chi connectivity index (χ3n) is 2.89. The standard InChI is InChI=1S/C14H17NO4S/c16-11-13(14-7-4-9-19-14)15-20(17,18)10-8-12-5-2-1-3-6-12/h1-7,9,13,15-16H,8,10-11H2. The summed E-state index contributed by atoms with van der Waals surface area (Å²) >= 11 is 0. The quantitative estimate of drug-likeness (QED) is 0.811. The maximum absolute atomic E-state index is 12.0. The SMILES string of the molecule is O=S(=O)(CCc1ccccc1)NC(CO)c1ccco1. The van der Waals surface area contributed by atoms with Gasteiger partial charge in [0.05, 0.1) is 18.6 Å². The van der Waals surface area contributed by atoms with Crippen LogP contribution in [0.5, 0.6) is 0 Å². The monoisotopic (exact) mass is 295 g/mol. The third kappa shape index (κ3) is 4.19. The molecular weight excluding hydrogens is 278 g/mol. The molecule has 0 bridgehead atoms. The van der Waals surface area contributed by atoms with Gasteiger partial charge in [-0.25, -0.2) is 13.1 Å². The molecule has 2 aromatic rings. The highest BCUT2D eigenvalue weighted by atomic mass is 32.2. The second-order valence-corrected chi connectivity index (χ2v) is 6.30.